The molecule has 5 rings (SSSR count). The zero-order valence-corrected chi connectivity index (χ0v) is 23.3. The molecule has 224 valence electrons. The molecule has 43 heavy (non-hydrogen) atoms. The summed E-state index contributed by atoms with van der Waals surface area (Å²) in [6.07, 6.45) is 0.872. The van der Waals surface area contributed by atoms with E-state index in [2.05, 4.69) is 16.4 Å². The van der Waals surface area contributed by atoms with Gasteiger partial charge >= 0.3 is 6.18 Å². The van der Waals surface area contributed by atoms with Crippen molar-refractivity contribution in [3.8, 4) is 17.6 Å². The van der Waals surface area contributed by atoms with Gasteiger partial charge in [-0.15, -0.1) is 0 Å². The number of carbonyl (C=O) groups is 2. The van der Waals surface area contributed by atoms with Crippen LogP contribution >= 0.6 is 0 Å². The molecule has 0 atom stereocenters. The zero-order valence-electron chi connectivity index (χ0n) is 23.3. The Morgan fingerprint density at radius 3 is 1.95 bits per heavy atom. The number of nitrogens with one attached hydrogen (secondary N) is 1. The second-order valence-corrected chi connectivity index (χ2v) is 10.8. The van der Waals surface area contributed by atoms with Gasteiger partial charge in [0.25, 0.3) is 11.8 Å². The molecule has 1 saturated carbocycles. The average molecular weight is 593 g/mol. The Bertz CT molecular complexity index is 1440. The Hall–Kier alpha value is -4.59. The van der Waals surface area contributed by atoms with Crippen molar-refractivity contribution in [2.75, 3.05) is 13.1 Å². The molecule has 0 radical (unpaired) electrons. The van der Waals surface area contributed by atoms with Gasteiger partial charge in [0, 0.05) is 38.2 Å². The number of rotatable bonds is 7. The maximum absolute atomic E-state index is 13.0. The maximum Gasteiger partial charge on any atom is 0.416 e. The molecule has 2 heterocycles. The van der Waals surface area contributed by atoms with Crippen LogP contribution < -0.4 is 14.8 Å². The Kier molecular flexibility index (Phi) is 9.14. The Morgan fingerprint density at radius 2 is 1.42 bits per heavy atom. The van der Waals surface area contributed by atoms with Gasteiger partial charge in [-0.2, -0.15) is 18.4 Å². The summed E-state index contributed by atoms with van der Waals surface area (Å²) < 4.78 is 50.1. The van der Waals surface area contributed by atoms with E-state index in [-0.39, 0.29) is 35.8 Å². The molecule has 1 N–H and O–H groups in total. The van der Waals surface area contributed by atoms with Gasteiger partial charge in [0.2, 0.25) is 0 Å². The van der Waals surface area contributed by atoms with Crippen molar-refractivity contribution in [1.29, 1.82) is 5.26 Å². The number of hydrogen-bond acceptors (Lipinski definition) is 6. The van der Waals surface area contributed by atoms with E-state index in [4.69, 9.17) is 14.7 Å². The molecule has 0 bridgehead atoms. The number of likely N-dealkylation sites (tertiary alicyclic amines) is 1. The fourth-order valence-corrected chi connectivity index (χ4v) is 5.31. The van der Waals surface area contributed by atoms with Crippen LogP contribution in [0.4, 0.5) is 13.2 Å². The highest BCUT2D eigenvalue weighted by Gasteiger charge is 2.31. The lowest BCUT2D eigenvalue weighted by Crippen LogP contribution is -2.42. The smallest absolute Gasteiger partial charge is 0.416 e. The van der Waals surface area contributed by atoms with Crippen molar-refractivity contribution in [3.63, 3.8) is 0 Å². The van der Waals surface area contributed by atoms with E-state index in [0.717, 1.165) is 12.1 Å². The van der Waals surface area contributed by atoms with E-state index in [9.17, 15) is 22.8 Å². The lowest BCUT2D eigenvalue weighted by molar-refractivity contribution is -0.137. The van der Waals surface area contributed by atoms with Crippen molar-refractivity contribution in [2.24, 2.45) is 0 Å². The third-order valence-electron chi connectivity index (χ3n) is 7.75. The minimum Gasteiger partial charge on any atom is -0.490 e. The Balaban J connectivity index is 1.04. The number of ether oxygens (including phenoxy) is 2. The number of nitriles is 1. The average Bonchev–Trinajstić information content (AvgIpc) is 3.02. The summed E-state index contributed by atoms with van der Waals surface area (Å²) in [5, 5.41) is 11.9. The van der Waals surface area contributed by atoms with Gasteiger partial charge in [0.15, 0.2) is 0 Å². The third kappa shape index (κ3) is 7.83. The van der Waals surface area contributed by atoms with Gasteiger partial charge in [-0.1, -0.05) is 0 Å². The van der Waals surface area contributed by atoms with Crippen LogP contribution in [0.5, 0.6) is 11.5 Å². The Labute approximate surface area is 247 Å². The summed E-state index contributed by atoms with van der Waals surface area (Å²) in [5.41, 5.74) is 0.474. The SMILES string of the molecule is N#Cc1ccc(OC2CCN(C(=O)c3ccc(C(=O)NC4CCC(Oc5ccc(C(F)(F)F)cc5)CC4)nc3)CC2)cc1. The fourth-order valence-electron chi connectivity index (χ4n) is 5.31. The first-order valence-electron chi connectivity index (χ1n) is 14.2. The molecule has 2 aliphatic rings. The topological polar surface area (TPSA) is 105 Å². The summed E-state index contributed by atoms with van der Waals surface area (Å²) in [7, 11) is 0. The van der Waals surface area contributed by atoms with Gasteiger partial charge in [0.05, 0.1) is 28.9 Å². The number of carbonyl (C=O) groups excluding carboxylic acids is 2. The monoisotopic (exact) mass is 592 g/mol. The fraction of sp³-hybridized carbons (Fsp3) is 0.375. The molecular formula is C32H31F3N4O4. The summed E-state index contributed by atoms with van der Waals surface area (Å²) in [6, 6.07) is 16.8. The van der Waals surface area contributed by atoms with Crippen LogP contribution in [0.1, 0.15) is 70.5 Å². The molecule has 1 saturated heterocycles. The molecule has 1 aliphatic carbocycles. The summed E-state index contributed by atoms with van der Waals surface area (Å²) >= 11 is 0. The molecule has 1 aliphatic heterocycles. The van der Waals surface area contributed by atoms with Crippen LogP contribution in [0.25, 0.3) is 0 Å². The molecule has 2 amide bonds. The number of alkyl halides is 3. The highest BCUT2D eigenvalue weighted by atomic mass is 19.4. The number of amides is 2. The normalized spacial score (nSPS) is 19.3. The number of halogens is 3. The summed E-state index contributed by atoms with van der Waals surface area (Å²) in [6.45, 7) is 1.07. The summed E-state index contributed by atoms with van der Waals surface area (Å²) in [5.74, 6) is 0.607. The van der Waals surface area contributed by atoms with Crippen LogP contribution in [0, 0.1) is 11.3 Å². The number of nitrogens with zero attached hydrogens (tertiary/aromatic N) is 3. The molecule has 8 nitrogen and oxygen atoms in total. The molecule has 2 fully saturated rings. The molecule has 0 unspecified atom stereocenters. The number of hydrogen-bond donors (Lipinski definition) is 1. The Morgan fingerprint density at radius 1 is 0.837 bits per heavy atom. The quantitative estimate of drug-likeness (QED) is 0.373. The largest absolute Gasteiger partial charge is 0.490 e. The van der Waals surface area contributed by atoms with Crippen molar-refractivity contribution in [2.45, 2.75) is 63.0 Å². The molecule has 1 aromatic heterocycles. The first-order chi connectivity index (χ1) is 20.7. The van der Waals surface area contributed by atoms with Crippen LogP contribution in [0.3, 0.4) is 0 Å². The minimum absolute atomic E-state index is 0.0207. The van der Waals surface area contributed by atoms with E-state index in [1.807, 2.05) is 0 Å². The van der Waals surface area contributed by atoms with Gasteiger partial charge in [-0.3, -0.25) is 14.6 Å². The minimum atomic E-state index is -4.39. The highest BCUT2D eigenvalue weighted by molar-refractivity contribution is 5.96. The first kappa shape index (κ1) is 29.9. The summed E-state index contributed by atoms with van der Waals surface area (Å²) in [4.78, 5) is 31.8. The maximum atomic E-state index is 13.0. The second-order valence-electron chi connectivity index (χ2n) is 10.8. The van der Waals surface area contributed by atoms with E-state index in [1.54, 1.807) is 41.3 Å². The lowest BCUT2D eigenvalue weighted by Gasteiger charge is -2.32. The van der Waals surface area contributed by atoms with E-state index in [0.29, 0.717) is 74.2 Å². The van der Waals surface area contributed by atoms with E-state index in [1.165, 1.54) is 18.3 Å². The van der Waals surface area contributed by atoms with Gasteiger partial charge in [0.1, 0.15) is 23.3 Å². The third-order valence-corrected chi connectivity index (χ3v) is 7.75. The van der Waals surface area contributed by atoms with Gasteiger partial charge in [-0.25, -0.2) is 0 Å². The molecular weight excluding hydrogens is 561 g/mol. The van der Waals surface area contributed by atoms with Crippen LogP contribution in [-0.2, 0) is 6.18 Å². The second kappa shape index (κ2) is 13.2. The molecule has 11 heteroatoms. The van der Waals surface area contributed by atoms with Crippen molar-refractivity contribution in [3.05, 3.63) is 89.2 Å². The molecule has 2 aromatic carbocycles. The molecule has 0 spiro atoms. The van der Waals surface area contributed by atoms with Gasteiger partial charge < -0.3 is 19.7 Å². The number of benzene rings is 2. The number of aromatic nitrogens is 1. The van der Waals surface area contributed by atoms with E-state index >= 15 is 0 Å². The molecule has 3 aromatic rings. The van der Waals surface area contributed by atoms with E-state index < -0.39 is 11.7 Å². The highest BCUT2D eigenvalue weighted by Crippen LogP contribution is 2.31. The zero-order chi connectivity index (χ0) is 30.4. The standard InChI is InChI=1S/C32H31F3N4O4/c33-32(34,35)23-4-10-26(11-5-23)42-27-12-6-24(7-13-27)38-30(40)29-14-3-22(20-37-29)31(41)39-17-15-28(16-18-39)43-25-8-1-21(19-36)2-9-25/h1-5,8-11,14,20,24,27-28H,6-7,12-13,15-18H2,(H,38,40). The van der Waals surface area contributed by atoms with Crippen molar-refractivity contribution < 1.29 is 32.2 Å². The first-order valence-corrected chi connectivity index (χ1v) is 14.2. The lowest BCUT2D eigenvalue weighted by atomic mass is 9.92. The number of piperidine rings is 1. The predicted octanol–water partition coefficient (Wildman–Crippen LogP) is 5.78. The van der Waals surface area contributed by atoms with Crippen LogP contribution in [0.2, 0.25) is 0 Å². The predicted molar refractivity (Wildman–Crippen MR) is 151 cm³/mol. The van der Waals surface area contributed by atoms with Crippen molar-refractivity contribution >= 4 is 11.8 Å². The number of pyridine rings is 1. The van der Waals surface area contributed by atoms with Crippen molar-refractivity contribution in [1.82, 2.24) is 15.2 Å². The van der Waals surface area contributed by atoms with Crippen LogP contribution in [0.15, 0.2) is 66.9 Å². The van der Waals surface area contributed by atoms with Gasteiger partial charge in [-0.05, 0) is 86.3 Å². The van der Waals surface area contributed by atoms with Crippen LogP contribution in [-0.4, -0.2) is 53.0 Å².